The van der Waals surface area contributed by atoms with Gasteiger partial charge in [0.1, 0.15) is 0 Å². The highest BCUT2D eigenvalue weighted by Crippen LogP contribution is 2.37. The van der Waals surface area contributed by atoms with Gasteiger partial charge in [-0.15, -0.1) is 0 Å². The number of hydrogen-bond acceptors (Lipinski definition) is 2. The summed E-state index contributed by atoms with van der Waals surface area (Å²) in [6, 6.07) is 0. The molecule has 0 N–H and O–H groups in total. The van der Waals surface area contributed by atoms with Gasteiger partial charge in [-0.25, -0.2) is 0 Å². The lowest BCUT2D eigenvalue weighted by molar-refractivity contribution is 0.0543. The van der Waals surface area contributed by atoms with Gasteiger partial charge in [0.25, 0.3) is 0 Å². The van der Waals surface area contributed by atoms with Crippen molar-refractivity contribution in [1.82, 2.24) is 0 Å². The molecule has 2 heteroatoms. The standard InChI is InChI=1S/C8H14O2/c1-9-7-2-3-8-6(7)4-5-10-8/h6-8H,2-5H2,1H3/t6?,7-,8?/m0/s1. The molecule has 2 nitrogen and oxygen atoms in total. The van der Waals surface area contributed by atoms with Crippen LogP contribution < -0.4 is 0 Å². The zero-order chi connectivity index (χ0) is 6.97. The summed E-state index contributed by atoms with van der Waals surface area (Å²) >= 11 is 0. The van der Waals surface area contributed by atoms with Crippen LogP contribution in [-0.4, -0.2) is 25.9 Å². The van der Waals surface area contributed by atoms with Gasteiger partial charge in [-0.1, -0.05) is 0 Å². The predicted octanol–water partition coefficient (Wildman–Crippen LogP) is 1.20. The van der Waals surface area contributed by atoms with E-state index in [4.69, 9.17) is 9.47 Å². The summed E-state index contributed by atoms with van der Waals surface area (Å²) in [5.41, 5.74) is 0. The van der Waals surface area contributed by atoms with Crippen LogP contribution in [0.25, 0.3) is 0 Å². The van der Waals surface area contributed by atoms with Crippen LogP contribution in [0.1, 0.15) is 19.3 Å². The topological polar surface area (TPSA) is 18.5 Å². The molecule has 0 radical (unpaired) electrons. The Morgan fingerprint density at radius 1 is 1.30 bits per heavy atom. The molecule has 1 saturated heterocycles. The van der Waals surface area contributed by atoms with Crippen LogP contribution in [0.15, 0.2) is 0 Å². The monoisotopic (exact) mass is 142 g/mol. The SMILES string of the molecule is CO[C@H]1CCC2OCCC21. The molecule has 2 fully saturated rings. The van der Waals surface area contributed by atoms with Crippen molar-refractivity contribution in [1.29, 1.82) is 0 Å². The van der Waals surface area contributed by atoms with Gasteiger partial charge < -0.3 is 9.47 Å². The average Bonchev–Trinajstić information content (AvgIpc) is 2.44. The smallest absolute Gasteiger partial charge is 0.0629 e. The molecule has 0 aromatic rings. The lowest BCUT2D eigenvalue weighted by atomic mass is 10.0. The fourth-order valence-electron chi connectivity index (χ4n) is 2.22. The van der Waals surface area contributed by atoms with Crippen molar-refractivity contribution in [3.63, 3.8) is 0 Å². The molecule has 0 aromatic heterocycles. The third-order valence-corrected chi connectivity index (χ3v) is 2.78. The summed E-state index contributed by atoms with van der Waals surface area (Å²) < 4.78 is 10.9. The average molecular weight is 142 g/mol. The van der Waals surface area contributed by atoms with E-state index in [0.29, 0.717) is 18.1 Å². The van der Waals surface area contributed by atoms with E-state index in [1.165, 1.54) is 19.3 Å². The molecule has 0 aromatic carbocycles. The van der Waals surface area contributed by atoms with Crippen LogP contribution in [0.2, 0.25) is 0 Å². The molecular weight excluding hydrogens is 128 g/mol. The lowest BCUT2D eigenvalue weighted by Gasteiger charge is -2.14. The van der Waals surface area contributed by atoms with E-state index < -0.39 is 0 Å². The zero-order valence-corrected chi connectivity index (χ0v) is 6.38. The van der Waals surface area contributed by atoms with E-state index >= 15 is 0 Å². The fraction of sp³-hybridized carbons (Fsp3) is 1.00. The fourth-order valence-corrected chi connectivity index (χ4v) is 2.22. The number of methoxy groups -OCH3 is 1. The molecule has 2 rings (SSSR count). The van der Waals surface area contributed by atoms with Crippen LogP contribution in [-0.2, 0) is 9.47 Å². The summed E-state index contributed by atoms with van der Waals surface area (Å²) in [5.74, 6) is 0.713. The van der Waals surface area contributed by atoms with Crippen LogP contribution in [0, 0.1) is 5.92 Å². The minimum Gasteiger partial charge on any atom is -0.381 e. The Morgan fingerprint density at radius 2 is 2.20 bits per heavy atom. The molecule has 1 saturated carbocycles. The van der Waals surface area contributed by atoms with E-state index in [-0.39, 0.29) is 0 Å². The molecule has 2 unspecified atom stereocenters. The van der Waals surface area contributed by atoms with Crippen molar-refractivity contribution in [3.8, 4) is 0 Å². The van der Waals surface area contributed by atoms with Crippen LogP contribution in [0.3, 0.4) is 0 Å². The number of fused-ring (bicyclic) bond motifs is 1. The van der Waals surface area contributed by atoms with Gasteiger partial charge in [-0.05, 0) is 19.3 Å². The summed E-state index contributed by atoms with van der Waals surface area (Å²) in [4.78, 5) is 0. The highest BCUT2D eigenvalue weighted by molar-refractivity contribution is 4.89. The Labute approximate surface area is 61.5 Å². The first-order valence-electron chi connectivity index (χ1n) is 4.06. The molecule has 0 spiro atoms. The van der Waals surface area contributed by atoms with E-state index in [2.05, 4.69) is 0 Å². The Hall–Kier alpha value is -0.0800. The molecule has 1 heterocycles. The minimum atomic E-state index is 0.493. The van der Waals surface area contributed by atoms with Gasteiger partial charge in [0, 0.05) is 19.6 Å². The Kier molecular flexibility index (Phi) is 1.66. The van der Waals surface area contributed by atoms with Gasteiger partial charge in [-0.2, -0.15) is 0 Å². The summed E-state index contributed by atoms with van der Waals surface area (Å²) in [5, 5.41) is 0. The normalized spacial score (nSPS) is 45.9. The lowest BCUT2D eigenvalue weighted by Crippen LogP contribution is -2.19. The minimum absolute atomic E-state index is 0.493. The predicted molar refractivity (Wildman–Crippen MR) is 37.9 cm³/mol. The number of ether oxygens (including phenoxy) is 2. The van der Waals surface area contributed by atoms with Crippen molar-refractivity contribution >= 4 is 0 Å². The van der Waals surface area contributed by atoms with Crippen molar-refractivity contribution < 1.29 is 9.47 Å². The van der Waals surface area contributed by atoms with Gasteiger partial charge >= 0.3 is 0 Å². The number of hydrogen-bond donors (Lipinski definition) is 0. The Morgan fingerprint density at radius 3 is 3.00 bits per heavy atom. The first-order valence-corrected chi connectivity index (χ1v) is 4.06. The van der Waals surface area contributed by atoms with Crippen molar-refractivity contribution in [2.24, 2.45) is 5.92 Å². The van der Waals surface area contributed by atoms with Crippen molar-refractivity contribution in [2.45, 2.75) is 31.5 Å². The van der Waals surface area contributed by atoms with E-state index in [9.17, 15) is 0 Å². The number of rotatable bonds is 1. The molecular formula is C8H14O2. The molecule has 10 heavy (non-hydrogen) atoms. The first-order chi connectivity index (χ1) is 4.92. The third kappa shape index (κ3) is 0.867. The van der Waals surface area contributed by atoms with Gasteiger partial charge in [0.05, 0.1) is 12.2 Å². The maximum Gasteiger partial charge on any atom is 0.0629 e. The van der Waals surface area contributed by atoms with Crippen LogP contribution >= 0.6 is 0 Å². The second-order valence-electron chi connectivity index (χ2n) is 3.21. The van der Waals surface area contributed by atoms with Gasteiger partial charge in [-0.3, -0.25) is 0 Å². The van der Waals surface area contributed by atoms with Gasteiger partial charge in [0.2, 0.25) is 0 Å². The Bertz CT molecular complexity index is 124. The van der Waals surface area contributed by atoms with Crippen molar-refractivity contribution in [3.05, 3.63) is 0 Å². The molecule has 1 aliphatic carbocycles. The highest BCUT2D eigenvalue weighted by Gasteiger charge is 2.40. The largest absolute Gasteiger partial charge is 0.381 e. The third-order valence-electron chi connectivity index (χ3n) is 2.78. The summed E-state index contributed by atoms with van der Waals surface area (Å²) in [6.45, 7) is 0.954. The zero-order valence-electron chi connectivity index (χ0n) is 6.38. The second kappa shape index (κ2) is 2.51. The maximum atomic E-state index is 5.53. The molecule has 1 aliphatic heterocycles. The Balaban J connectivity index is 2.01. The maximum absolute atomic E-state index is 5.53. The first kappa shape index (κ1) is 6.62. The molecule has 3 atom stereocenters. The molecule has 0 amide bonds. The van der Waals surface area contributed by atoms with E-state index in [1.54, 1.807) is 0 Å². The van der Waals surface area contributed by atoms with Crippen molar-refractivity contribution in [2.75, 3.05) is 13.7 Å². The molecule has 58 valence electrons. The van der Waals surface area contributed by atoms with Gasteiger partial charge in [0.15, 0.2) is 0 Å². The summed E-state index contributed by atoms with van der Waals surface area (Å²) in [6.07, 6.45) is 4.65. The summed E-state index contributed by atoms with van der Waals surface area (Å²) in [7, 11) is 1.81. The van der Waals surface area contributed by atoms with Crippen LogP contribution in [0.5, 0.6) is 0 Å². The van der Waals surface area contributed by atoms with E-state index in [0.717, 1.165) is 6.61 Å². The second-order valence-corrected chi connectivity index (χ2v) is 3.21. The quantitative estimate of drug-likeness (QED) is 0.547. The molecule has 0 bridgehead atoms. The van der Waals surface area contributed by atoms with Crippen LogP contribution in [0.4, 0.5) is 0 Å². The highest BCUT2D eigenvalue weighted by atomic mass is 16.5. The molecule has 2 aliphatic rings. The van der Waals surface area contributed by atoms with E-state index in [1.807, 2.05) is 7.11 Å².